The molecule has 0 spiro atoms. The van der Waals surface area contributed by atoms with Gasteiger partial charge in [0.25, 0.3) is 0 Å². The molecule has 2 rings (SSSR count). The second kappa shape index (κ2) is 5.95. The lowest BCUT2D eigenvalue weighted by Crippen LogP contribution is -1.82. The van der Waals surface area contributed by atoms with Gasteiger partial charge >= 0.3 is 0 Å². The fourth-order valence-electron chi connectivity index (χ4n) is 1.35. The third-order valence-electron chi connectivity index (χ3n) is 2.05. The molecule has 2 aromatic rings. The summed E-state index contributed by atoms with van der Waals surface area (Å²) in [5.74, 6) is 0.759. The number of benzene rings is 1. The maximum Gasteiger partial charge on any atom is 0.152 e. The summed E-state index contributed by atoms with van der Waals surface area (Å²) >= 11 is 0. The third-order valence-corrected chi connectivity index (χ3v) is 2.05. The summed E-state index contributed by atoms with van der Waals surface area (Å²) < 4.78 is 5.06. The van der Waals surface area contributed by atoms with Gasteiger partial charge in [-0.3, -0.25) is 4.79 Å². The third kappa shape index (κ3) is 2.63. The van der Waals surface area contributed by atoms with Crippen LogP contribution in [0.2, 0.25) is 0 Å². The molecule has 0 saturated heterocycles. The van der Waals surface area contributed by atoms with Crippen molar-refractivity contribution in [2.45, 2.75) is 20.3 Å². The molecule has 0 unspecified atom stereocenters. The maximum atomic E-state index is 10.6. The molecule has 0 atom stereocenters. The predicted octanol–water partition coefficient (Wildman–Crippen LogP) is 3.41. The van der Waals surface area contributed by atoms with E-state index >= 15 is 0 Å². The Balaban J connectivity index is 0.000000386. The number of carbonyl (C=O) groups excluding carboxylic acids is 1. The van der Waals surface area contributed by atoms with Crippen LogP contribution in [0.15, 0.2) is 24.4 Å². The zero-order chi connectivity index (χ0) is 12.0. The Morgan fingerprint density at radius 2 is 2.06 bits per heavy atom. The first-order valence-electron chi connectivity index (χ1n) is 5.37. The molecule has 0 aliphatic rings. The van der Waals surface area contributed by atoms with E-state index in [0.717, 1.165) is 22.9 Å². The van der Waals surface area contributed by atoms with Crippen LogP contribution in [0.3, 0.4) is 0 Å². The molecule has 1 N–H and O–H groups in total. The highest BCUT2D eigenvalue weighted by atomic mass is 16.5. The zero-order valence-corrected chi connectivity index (χ0v) is 9.91. The number of methoxy groups -OCH3 is 1. The van der Waals surface area contributed by atoms with E-state index in [2.05, 4.69) is 18.8 Å². The van der Waals surface area contributed by atoms with E-state index in [1.807, 2.05) is 18.2 Å². The predicted molar refractivity (Wildman–Crippen MR) is 66.2 cm³/mol. The van der Waals surface area contributed by atoms with Crippen LogP contribution < -0.4 is 4.74 Å². The molecule has 0 fully saturated rings. The highest BCUT2D eigenvalue weighted by Crippen LogP contribution is 2.22. The topological polar surface area (TPSA) is 42.1 Å². The Kier molecular flexibility index (Phi) is 4.58. The van der Waals surface area contributed by atoms with Crippen molar-refractivity contribution in [3.05, 3.63) is 30.0 Å². The number of aldehydes is 1. The number of nitrogens with one attached hydrogen (secondary N) is 1. The molecule has 86 valence electrons. The second-order valence-electron chi connectivity index (χ2n) is 3.48. The largest absolute Gasteiger partial charge is 0.497 e. The lowest BCUT2D eigenvalue weighted by Gasteiger charge is -1.98. The highest BCUT2D eigenvalue weighted by molar-refractivity contribution is 5.97. The Morgan fingerprint density at radius 1 is 1.38 bits per heavy atom. The average molecular weight is 219 g/mol. The Morgan fingerprint density at radius 3 is 2.62 bits per heavy atom. The lowest BCUT2D eigenvalue weighted by molar-refractivity contribution is 0.112. The quantitative estimate of drug-likeness (QED) is 0.786. The maximum absolute atomic E-state index is 10.6. The van der Waals surface area contributed by atoms with E-state index in [9.17, 15) is 4.79 Å². The molecule has 0 radical (unpaired) electrons. The number of aromatic amines is 1. The van der Waals surface area contributed by atoms with Crippen LogP contribution >= 0.6 is 0 Å². The molecule has 0 aliphatic carbocycles. The molecule has 0 amide bonds. The summed E-state index contributed by atoms with van der Waals surface area (Å²) in [6, 6.07) is 5.59. The van der Waals surface area contributed by atoms with E-state index in [1.54, 1.807) is 13.3 Å². The number of rotatable bonds is 2. The van der Waals surface area contributed by atoms with Gasteiger partial charge in [-0.1, -0.05) is 20.3 Å². The fraction of sp³-hybridized carbons (Fsp3) is 0.308. The van der Waals surface area contributed by atoms with Crippen molar-refractivity contribution in [2.24, 2.45) is 0 Å². The van der Waals surface area contributed by atoms with Crippen molar-refractivity contribution in [3.8, 4) is 5.75 Å². The van der Waals surface area contributed by atoms with Crippen molar-refractivity contribution in [1.29, 1.82) is 0 Å². The summed E-state index contributed by atoms with van der Waals surface area (Å²) in [6.45, 7) is 4.25. The van der Waals surface area contributed by atoms with Crippen LogP contribution in [0.1, 0.15) is 30.6 Å². The van der Waals surface area contributed by atoms with Gasteiger partial charge in [0.05, 0.1) is 7.11 Å². The number of hydrogen-bond acceptors (Lipinski definition) is 2. The SMILES string of the molecule is CCC.COc1ccc2[nH]cc(C=O)c2c1. The number of hydrogen-bond donors (Lipinski definition) is 1. The first-order valence-corrected chi connectivity index (χ1v) is 5.37. The first kappa shape index (κ1) is 12.3. The standard InChI is InChI=1S/C10H9NO2.C3H8/c1-13-8-2-3-10-9(4-8)7(6-12)5-11-10;1-3-2/h2-6,11H,1H3;3H2,1-2H3. The minimum Gasteiger partial charge on any atom is -0.497 e. The summed E-state index contributed by atoms with van der Waals surface area (Å²) in [4.78, 5) is 13.6. The lowest BCUT2D eigenvalue weighted by atomic mass is 10.2. The van der Waals surface area contributed by atoms with Crippen molar-refractivity contribution in [1.82, 2.24) is 4.98 Å². The molecule has 1 aromatic carbocycles. The van der Waals surface area contributed by atoms with Crippen molar-refractivity contribution >= 4 is 17.2 Å². The Bertz CT molecular complexity index is 460. The number of carbonyl (C=O) groups is 1. The van der Waals surface area contributed by atoms with Crippen molar-refractivity contribution in [2.75, 3.05) is 7.11 Å². The summed E-state index contributed by atoms with van der Waals surface area (Å²) in [5.41, 5.74) is 1.61. The molecule has 3 nitrogen and oxygen atoms in total. The van der Waals surface area contributed by atoms with Gasteiger partial charge in [-0.15, -0.1) is 0 Å². The Labute approximate surface area is 95.4 Å². The van der Waals surface area contributed by atoms with E-state index in [-0.39, 0.29) is 0 Å². The molecule has 1 aromatic heterocycles. The molecular formula is C13H17NO2. The van der Waals surface area contributed by atoms with Crippen LogP contribution in [0, 0.1) is 0 Å². The van der Waals surface area contributed by atoms with Crippen LogP contribution in [-0.4, -0.2) is 18.4 Å². The average Bonchev–Trinajstić information content (AvgIpc) is 2.71. The van der Waals surface area contributed by atoms with Crippen molar-refractivity contribution in [3.63, 3.8) is 0 Å². The van der Waals surface area contributed by atoms with E-state index < -0.39 is 0 Å². The van der Waals surface area contributed by atoms with Crippen molar-refractivity contribution < 1.29 is 9.53 Å². The van der Waals surface area contributed by atoms with Gasteiger partial charge < -0.3 is 9.72 Å². The van der Waals surface area contributed by atoms with Crippen LogP contribution in [-0.2, 0) is 0 Å². The molecule has 1 heterocycles. The molecular weight excluding hydrogens is 202 g/mol. The van der Waals surface area contributed by atoms with E-state index in [0.29, 0.717) is 5.56 Å². The van der Waals surface area contributed by atoms with Gasteiger partial charge in [-0.25, -0.2) is 0 Å². The zero-order valence-electron chi connectivity index (χ0n) is 9.91. The van der Waals surface area contributed by atoms with Gasteiger partial charge in [0.2, 0.25) is 0 Å². The van der Waals surface area contributed by atoms with Gasteiger partial charge in [0.15, 0.2) is 6.29 Å². The summed E-state index contributed by atoms with van der Waals surface area (Å²) in [6.07, 6.45) is 3.77. The smallest absolute Gasteiger partial charge is 0.152 e. The molecule has 16 heavy (non-hydrogen) atoms. The number of ether oxygens (including phenoxy) is 1. The Hall–Kier alpha value is -1.77. The van der Waals surface area contributed by atoms with Crippen LogP contribution in [0.4, 0.5) is 0 Å². The summed E-state index contributed by atoms with van der Waals surface area (Å²) in [7, 11) is 1.61. The van der Waals surface area contributed by atoms with E-state index in [4.69, 9.17) is 4.74 Å². The number of fused-ring (bicyclic) bond motifs is 1. The minimum absolute atomic E-state index is 0.661. The summed E-state index contributed by atoms with van der Waals surface area (Å²) in [5, 5.41) is 0.898. The second-order valence-corrected chi connectivity index (χ2v) is 3.48. The normalized spacial score (nSPS) is 9.44. The van der Waals surface area contributed by atoms with Gasteiger partial charge in [-0.05, 0) is 18.2 Å². The van der Waals surface area contributed by atoms with Gasteiger partial charge in [-0.2, -0.15) is 0 Å². The minimum atomic E-state index is 0.661. The van der Waals surface area contributed by atoms with Crippen LogP contribution in [0.25, 0.3) is 10.9 Å². The van der Waals surface area contributed by atoms with Gasteiger partial charge in [0.1, 0.15) is 5.75 Å². The van der Waals surface area contributed by atoms with Gasteiger partial charge in [0, 0.05) is 22.7 Å². The molecule has 0 bridgehead atoms. The monoisotopic (exact) mass is 219 g/mol. The first-order chi connectivity index (χ1) is 7.76. The fourth-order valence-corrected chi connectivity index (χ4v) is 1.35. The van der Waals surface area contributed by atoms with E-state index in [1.165, 1.54) is 6.42 Å². The molecule has 0 saturated carbocycles. The highest BCUT2D eigenvalue weighted by Gasteiger charge is 2.02. The molecule has 0 aliphatic heterocycles. The number of H-pyrrole nitrogens is 1. The van der Waals surface area contributed by atoms with Crippen LogP contribution in [0.5, 0.6) is 5.75 Å². The molecule has 3 heteroatoms. The number of aromatic nitrogens is 1.